The van der Waals surface area contributed by atoms with Crippen molar-refractivity contribution in [3.63, 3.8) is 0 Å². The Labute approximate surface area is 127 Å². The van der Waals surface area contributed by atoms with Crippen LogP contribution in [0, 0.1) is 0 Å². The average Bonchev–Trinajstić information content (AvgIpc) is 2.75. The van der Waals surface area contributed by atoms with E-state index in [0.29, 0.717) is 5.92 Å². The van der Waals surface area contributed by atoms with Gasteiger partial charge in [0.25, 0.3) is 0 Å². The summed E-state index contributed by atoms with van der Waals surface area (Å²) in [4.78, 5) is 7.32. The Bertz CT molecular complexity index is 605. The number of thiazole rings is 1. The van der Waals surface area contributed by atoms with Crippen molar-refractivity contribution in [1.82, 2.24) is 9.88 Å². The maximum absolute atomic E-state index is 4.86. The molecule has 3 rings (SSSR count). The van der Waals surface area contributed by atoms with E-state index in [-0.39, 0.29) is 5.54 Å². The first kappa shape index (κ1) is 13.5. The topological polar surface area (TPSA) is 16.1 Å². The van der Waals surface area contributed by atoms with E-state index in [2.05, 4.69) is 59.9 Å². The van der Waals surface area contributed by atoms with Crippen LogP contribution in [0.1, 0.15) is 37.6 Å². The first-order valence-electron chi connectivity index (χ1n) is 6.73. The number of nitrogens with zero attached hydrogens (tertiary/aromatic N) is 2. The largest absolute Gasteiger partial charge is 0.301 e. The molecule has 4 heteroatoms. The molecule has 1 aromatic heterocycles. The molecular formula is C15H19BrN2S. The predicted octanol–water partition coefficient (Wildman–Crippen LogP) is 4.65. The van der Waals surface area contributed by atoms with E-state index in [1.165, 1.54) is 22.5 Å². The van der Waals surface area contributed by atoms with Crippen molar-refractivity contribution in [3.05, 3.63) is 27.7 Å². The molecule has 1 unspecified atom stereocenters. The molecule has 2 heterocycles. The smallest absolute Gasteiger partial charge is 0.0970 e. The van der Waals surface area contributed by atoms with E-state index in [4.69, 9.17) is 4.98 Å². The Morgan fingerprint density at radius 3 is 2.95 bits per heavy atom. The van der Waals surface area contributed by atoms with Crippen LogP contribution >= 0.6 is 27.3 Å². The summed E-state index contributed by atoms with van der Waals surface area (Å²) in [6, 6.07) is 6.39. The molecule has 1 aliphatic rings. The highest BCUT2D eigenvalue weighted by atomic mass is 79.9. The zero-order valence-electron chi connectivity index (χ0n) is 11.6. The number of hydrogen-bond donors (Lipinski definition) is 0. The first-order chi connectivity index (χ1) is 8.95. The van der Waals surface area contributed by atoms with Crippen LogP contribution in [0.5, 0.6) is 0 Å². The molecule has 1 aromatic carbocycles. The van der Waals surface area contributed by atoms with Gasteiger partial charge >= 0.3 is 0 Å². The molecule has 102 valence electrons. The van der Waals surface area contributed by atoms with Crippen LogP contribution in [0.25, 0.3) is 10.2 Å². The molecule has 2 nitrogen and oxygen atoms in total. The van der Waals surface area contributed by atoms with E-state index >= 15 is 0 Å². The number of fused-ring (bicyclic) bond motifs is 1. The molecule has 0 bridgehead atoms. The summed E-state index contributed by atoms with van der Waals surface area (Å²) in [5.41, 5.74) is 1.41. The van der Waals surface area contributed by atoms with Crippen LogP contribution in [0.3, 0.4) is 0 Å². The van der Waals surface area contributed by atoms with Gasteiger partial charge in [0.2, 0.25) is 0 Å². The van der Waals surface area contributed by atoms with Gasteiger partial charge in [-0.15, -0.1) is 11.3 Å². The van der Waals surface area contributed by atoms with Gasteiger partial charge in [-0.05, 0) is 58.5 Å². The van der Waals surface area contributed by atoms with Gasteiger partial charge in [-0.2, -0.15) is 0 Å². The summed E-state index contributed by atoms with van der Waals surface area (Å²) in [6.45, 7) is 5.84. The predicted molar refractivity (Wildman–Crippen MR) is 86.0 cm³/mol. The van der Waals surface area contributed by atoms with Crippen molar-refractivity contribution >= 4 is 37.5 Å². The van der Waals surface area contributed by atoms with Gasteiger partial charge in [-0.3, -0.25) is 0 Å². The summed E-state index contributed by atoms with van der Waals surface area (Å²) < 4.78 is 2.41. The molecule has 0 saturated carbocycles. The zero-order chi connectivity index (χ0) is 13.6. The lowest BCUT2D eigenvalue weighted by atomic mass is 9.83. The highest BCUT2D eigenvalue weighted by molar-refractivity contribution is 9.10. The van der Waals surface area contributed by atoms with Gasteiger partial charge < -0.3 is 4.90 Å². The summed E-state index contributed by atoms with van der Waals surface area (Å²) in [5.74, 6) is 0.613. The molecule has 0 amide bonds. The lowest BCUT2D eigenvalue weighted by Crippen LogP contribution is -2.46. The lowest BCUT2D eigenvalue weighted by Gasteiger charge is -2.43. The monoisotopic (exact) mass is 338 g/mol. The van der Waals surface area contributed by atoms with Crippen LogP contribution in [0.2, 0.25) is 0 Å². The number of benzene rings is 1. The maximum atomic E-state index is 4.86. The fourth-order valence-electron chi connectivity index (χ4n) is 2.82. The molecule has 0 spiro atoms. The molecule has 1 atom stereocenters. The van der Waals surface area contributed by atoms with Gasteiger partial charge in [-0.25, -0.2) is 4.98 Å². The number of halogens is 1. The minimum absolute atomic E-state index is 0.279. The Balaban J connectivity index is 1.92. The van der Waals surface area contributed by atoms with Gasteiger partial charge in [-0.1, -0.05) is 15.9 Å². The number of hydrogen-bond acceptors (Lipinski definition) is 3. The van der Waals surface area contributed by atoms with Crippen LogP contribution < -0.4 is 0 Å². The summed E-state index contributed by atoms with van der Waals surface area (Å²) in [7, 11) is 2.23. The Morgan fingerprint density at radius 1 is 1.42 bits per heavy atom. The number of rotatable bonds is 1. The third-order valence-electron chi connectivity index (χ3n) is 4.31. The minimum atomic E-state index is 0.279. The van der Waals surface area contributed by atoms with Crippen LogP contribution in [0.15, 0.2) is 22.7 Å². The maximum Gasteiger partial charge on any atom is 0.0970 e. The molecule has 2 aromatic rings. The molecule has 19 heavy (non-hydrogen) atoms. The molecule has 0 N–H and O–H groups in total. The minimum Gasteiger partial charge on any atom is -0.301 e. The Hall–Kier alpha value is -0.450. The van der Waals surface area contributed by atoms with Gasteiger partial charge in [0, 0.05) is 15.9 Å². The van der Waals surface area contributed by atoms with Crippen molar-refractivity contribution < 1.29 is 0 Å². The van der Waals surface area contributed by atoms with E-state index in [1.54, 1.807) is 0 Å². The second-order valence-corrected chi connectivity index (χ2v) is 8.07. The van der Waals surface area contributed by atoms with Crippen LogP contribution in [-0.4, -0.2) is 29.0 Å². The van der Waals surface area contributed by atoms with Crippen LogP contribution in [-0.2, 0) is 0 Å². The molecule has 0 aliphatic carbocycles. The van der Waals surface area contributed by atoms with E-state index in [1.807, 2.05) is 11.3 Å². The lowest BCUT2D eigenvalue weighted by molar-refractivity contribution is 0.0942. The molecule has 1 saturated heterocycles. The average molecular weight is 339 g/mol. The van der Waals surface area contributed by atoms with Gasteiger partial charge in [0.1, 0.15) is 0 Å². The van der Waals surface area contributed by atoms with Crippen LogP contribution in [0.4, 0.5) is 0 Å². The summed E-state index contributed by atoms with van der Waals surface area (Å²) >= 11 is 5.39. The third-order valence-corrected chi connectivity index (χ3v) is 6.00. The molecule has 1 aliphatic heterocycles. The first-order valence-corrected chi connectivity index (χ1v) is 8.34. The van der Waals surface area contributed by atoms with Crippen molar-refractivity contribution in [2.24, 2.45) is 0 Å². The number of aromatic nitrogens is 1. The van der Waals surface area contributed by atoms with E-state index < -0.39 is 0 Å². The fourth-order valence-corrected chi connectivity index (χ4v) is 4.25. The van der Waals surface area contributed by atoms with Crippen molar-refractivity contribution in [1.29, 1.82) is 0 Å². The van der Waals surface area contributed by atoms with E-state index in [0.717, 1.165) is 16.5 Å². The SMILES string of the molecule is CN1CCC(c2nc3cc(Br)ccc3s2)CC1(C)C. The van der Waals surface area contributed by atoms with E-state index in [9.17, 15) is 0 Å². The van der Waals surface area contributed by atoms with Crippen molar-refractivity contribution in [2.75, 3.05) is 13.6 Å². The summed E-state index contributed by atoms with van der Waals surface area (Å²) in [6.07, 6.45) is 2.42. The number of piperidine rings is 1. The quantitative estimate of drug-likeness (QED) is 0.752. The molecule has 0 radical (unpaired) electrons. The molecular weight excluding hydrogens is 320 g/mol. The van der Waals surface area contributed by atoms with Gasteiger partial charge in [0.05, 0.1) is 15.2 Å². The Morgan fingerprint density at radius 2 is 2.21 bits per heavy atom. The second-order valence-electron chi connectivity index (χ2n) is 6.09. The highest BCUT2D eigenvalue weighted by Gasteiger charge is 2.34. The highest BCUT2D eigenvalue weighted by Crippen LogP contribution is 2.39. The Kier molecular flexibility index (Phi) is 3.44. The standard InChI is InChI=1S/C15H19BrN2S/c1-15(2)9-10(6-7-18(15)3)14-17-12-8-11(16)4-5-13(12)19-14/h4-5,8,10H,6-7,9H2,1-3H3. The molecule has 1 fully saturated rings. The third kappa shape index (κ3) is 2.58. The normalized spacial score (nSPS) is 23.9. The fraction of sp³-hybridized carbons (Fsp3) is 0.533. The second kappa shape index (κ2) is 4.83. The van der Waals surface area contributed by atoms with Gasteiger partial charge in [0.15, 0.2) is 0 Å². The number of likely N-dealkylation sites (tertiary alicyclic amines) is 1. The van der Waals surface area contributed by atoms with Crippen molar-refractivity contribution in [2.45, 2.75) is 38.1 Å². The zero-order valence-corrected chi connectivity index (χ0v) is 14.0. The summed E-state index contributed by atoms with van der Waals surface area (Å²) in [5, 5.41) is 1.31. The van der Waals surface area contributed by atoms with Crippen molar-refractivity contribution in [3.8, 4) is 0 Å².